The number of nitrogens with two attached hydrogens (primary N) is 1. The molecular weight excluding hydrogens is 276 g/mol. The third-order valence-corrected chi connectivity index (χ3v) is 4.11. The van der Waals surface area contributed by atoms with E-state index in [2.05, 4.69) is 4.90 Å². The maximum atomic E-state index is 11.0. The molecule has 0 radical (unpaired) electrons. The Morgan fingerprint density at radius 2 is 1.55 bits per heavy atom. The van der Waals surface area contributed by atoms with Gasteiger partial charge in [0, 0.05) is 18.8 Å². The Morgan fingerprint density at radius 1 is 0.955 bits per heavy atom. The van der Waals surface area contributed by atoms with Crippen LogP contribution in [0.2, 0.25) is 0 Å². The largest absolute Gasteiger partial charge is 0.457 e. The fourth-order valence-electron chi connectivity index (χ4n) is 2.65. The maximum absolute atomic E-state index is 11.0. The summed E-state index contributed by atoms with van der Waals surface area (Å²) in [7, 11) is 0. The normalized spacial score (nSPS) is 17.0. The van der Waals surface area contributed by atoms with E-state index in [1.54, 1.807) is 0 Å². The van der Waals surface area contributed by atoms with Crippen LogP contribution in [0.25, 0.3) is 0 Å². The van der Waals surface area contributed by atoms with E-state index in [-0.39, 0.29) is 0 Å². The molecule has 4 heteroatoms. The van der Waals surface area contributed by atoms with Gasteiger partial charge in [0.15, 0.2) is 0 Å². The minimum atomic E-state index is -0.646. The molecule has 0 amide bonds. The molecule has 4 nitrogen and oxygen atoms in total. The SMILES string of the molecule is NC1(C=O)CCN(c2ccc(Oc3ccccc3)cc2)CC1. The number of piperidine rings is 1. The predicted molar refractivity (Wildman–Crippen MR) is 87.4 cm³/mol. The molecule has 1 fully saturated rings. The number of benzene rings is 2. The van der Waals surface area contributed by atoms with Gasteiger partial charge in [0.05, 0.1) is 5.54 Å². The molecule has 0 aromatic heterocycles. The van der Waals surface area contributed by atoms with Crippen molar-refractivity contribution < 1.29 is 9.53 Å². The van der Waals surface area contributed by atoms with E-state index in [1.807, 2.05) is 54.6 Å². The molecule has 1 saturated heterocycles. The van der Waals surface area contributed by atoms with Gasteiger partial charge in [0.2, 0.25) is 0 Å². The topological polar surface area (TPSA) is 55.6 Å². The van der Waals surface area contributed by atoms with Crippen LogP contribution in [-0.2, 0) is 4.79 Å². The number of hydrogen-bond acceptors (Lipinski definition) is 4. The molecule has 1 aliphatic rings. The number of aldehydes is 1. The monoisotopic (exact) mass is 296 g/mol. The van der Waals surface area contributed by atoms with E-state index in [9.17, 15) is 4.79 Å². The molecule has 0 atom stereocenters. The van der Waals surface area contributed by atoms with Crippen molar-refractivity contribution in [3.05, 3.63) is 54.6 Å². The highest BCUT2D eigenvalue weighted by atomic mass is 16.5. The average Bonchev–Trinajstić information content (AvgIpc) is 2.57. The predicted octanol–water partition coefficient (Wildman–Crippen LogP) is 2.98. The van der Waals surface area contributed by atoms with Gasteiger partial charge >= 0.3 is 0 Å². The van der Waals surface area contributed by atoms with Crippen molar-refractivity contribution in [2.24, 2.45) is 5.73 Å². The van der Waals surface area contributed by atoms with Crippen molar-refractivity contribution in [3.63, 3.8) is 0 Å². The van der Waals surface area contributed by atoms with Crippen LogP contribution >= 0.6 is 0 Å². The summed E-state index contributed by atoms with van der Waals surface area (Å²) in [6.45, 7) is 1.60. The van der Waals surface area contributed by atoms with Gasteiger partial charge in [-0.3, -0.25) is 0 Å². The second kappa shape index (κ2) is 6.20. The summed E-state index contributed by atoms with van der Waals surface area (Å²) < 4.78 is 5.79. The Balaban J connectivity index is 1.64. The summed E-state index contributed by atoms with van der Waals surface area (Å²) in [6.07, 6.45) is 2.28. The molecule has 3 rings (SSSR count). The molecule has 0 saturated carbocycles. The molecule has 22 heavy (non-hydrogen) atoms. The number of rotatable bonds is 4. The molecule has 0 bridgehead atoms. The Kier molecular flexibility index (Phi) is 4.11. The van der Waals surface area contributed by atoms with Crippen LogP contribution < -0.4 is 15.4 Å². The van der Waals surface area contributed by atoms with Crippen LogP contribution in [0.5, 0.6) is 11.5 Å². The van der Waals surface area contributed by atoms with Gasteiger partial charge in [0.25, 0.3) is 0 Å². The Bertz CT molecular complexity index is 617. The van der Waals surface area contributed by atoms with Crippen LogP contribution in [0, 0.1) is 0 Å². The van der Waals surface area contributed by atoms with Crippen molar-refractivity contribution in [2.75, 3.05) is 18.0 Å². The van der Waals surface area contributed by atoms with E-state index in [1.165, 1.54) is 0 Å². The number of hydrogen-bond donors (Lipinski definition) is 1. The fourth-order valence-corrected chi connectivity index (χ4v) is 2.65. The molecular formula is C18H20N2O2. The molecule has 2 aromatic carbocycles. The molecule has 0 spiro atoms. The first kappa shape index (κ1) is 14.6. The van der Waals surface area contributed by atoms with Gasteiger partial charge in [-0.1, -0.05) is 18.2 Å². The highest BCUT2D eigenvalue weighted by Crippen LogP contribution is 2.27. The summed E-state index contributed by atoms with van der Waals surface area (Å²) in [6, 6.07) is 17.7. The van der Waals surface area contributed by atoms with Gasteiger partial charge in [-0.15, -0.1) is 0 Å². The molecule has 2 aromatic rings. The standard InChI is InChI=1S/C18H20N2O2/c19-18(14-21)10-12-20(13-11-18)15-6-8-17(9-7-15)22-16-4-2-1-3-5-16/h1-9,14H,10-13,19H2. The average molecular weight is 296 g/mol. The van der Waals surface area contributed by atoms with Crippen LogP contribution in [0.1, 0.15) is 12.8 Å². The van der Waals surface area contributed by atoms with Crippen molar-refractivity contribution in [1.29, 1.82) is 0 Å². The van der Waals surface area contributed by atoms with Gasteiger partial charge in [-0.25, -0.2) is 0 Å². The molecule has 1 heterocycles. The van der Waals surface area contributed by atoms with Crippen molar-refractivity contribution in [2.45, 2.75) is 18.4 Å². The van der Waals surface area contributed by atoms with E-state index in [0.717, 1.165) is 36.6 Å². The zero-order valence-electron chi connectivity index (χ0n) is 12.4. The first-order valence-electron chi connectivity index (χ1n) is 7.52. The quantitative estimate of drug-likeness (QED) is 0.881. The third kappa shape index (κ3) is 3.28. The zero-order valence-corrected chi connectivity index (χ0v) is 12.4. The number of carbonyl (C=O) groups excluding carboxylic acids is 1. The van der Waals surface area contributed by atoms with Crippen LogP contribution in [0.15, 0.2) is 54.6 Å². The molecule has 0 aliphatic carbocycles. The van der Waals surface area contributed by atoms with Crippen LogP contribution in [0.3, 0.4) is 0 Å². The molecule has 114 valence electrons. The van der Waals surface area contributed by atoms with Gasteiger partial charge in [-0.05, 0) is 49.2 Å². The summed E-state index contributed by atoms with van der Waals surface area (Å²) in [5.41, 5.74) is 6.48. The third-order valence-electron chi connectivity index (χ3n) is 4.11. The minimum absolute atomic E-state index is 0.646. The Labute approximate surface area is 130 Å². The number of carbonyl (C=O) groups is 1. The Morgan fingerprint density at radius 3 is 2.14 bits per heavy atom. The number of ether oxygens (including phenoxy) is 1. The first-order chi connectivity index (χ1) is 10.7. The second-order valence-electron chi connectivity index (χ2n) is 5.75. The van der Waals surface area contributed by atoms with Crippen molar-refractivity contribution in [1.82, 2.24) is 0 Å². The summed E-state index contributed by atoms with van der Waals surface area (Å²) in [5, 5.41) is 0. The molecule has 2 N–H and O–H groups in total. The van der Waals surface area contributed by atoms with E-state index < -0.39 is 5.54 Å². The van der Waals surface area contributed by atoms with Crippen molar-refractivity contribution >= 4 is 12.0 Å². The van der Waals surface area contributed by atoms with E-state index >= 15 is 0 Å². The maximum Gasteiger partial charge on any atom is 0.139 e. The minimum Gasteiger partial charge on any atom is -0.457 e. The summed E-state index contributed by atoms with van der Waals surface area (Å²) in [4.78, 5) is 13.2. The highest BCUT2D eigenvalue weighted by Gasteiger charge is 2.30. The lowest BCUT2D eigenvalue weighted by molar-refractivity contribution is -0.112. The smallest absolute Gasteiger partial charge is 0.139 e. The Hall–Kier alpha value is -2.33. The van der Waals surface area contributed by atoms with Crippen LogP contribution in [0.4, 0.5) is 5.69 Å². The lowest BCUT2D eigenvalue weighted by Gasteiger charge is -2.37. The second-order valence-corrected chi connectivity index (χ2v) is 5.75. The number of nitrogens with zero attached hydrogens (tertiary/aromatic N) is 1. The van der Waals surface area contributed by atoms with E-state index in [4.69, 9.17) is 10.5 Å². The molecule has 1 aliphatic heterocycles. The summed E-state index contributed by atoms with van der Waals surface area (Å²) >= 11 is 0. The van der Waals surface area contributed by atoms with E-state index in [0.29, 0.717) is 12.8 Å². The summed E-state index contributed by atoms with van der Waals surface area (Å²) in [5.74, 6) is 1.64. The van der Waals surface area contributed by atoms with Gasteiger partial charge < -0.3 is 20.2 Å². The highest BCUT2D eigenvalue weighted by molar-refractivity contribution is 5.65. The fraction of sp³-hybridized carbons (Fsp3) is 0.278. The lowest BCUT2D eigenvalue weighted by atomic mass is 9.90. The van der Waals surface area contributed by atoms with Gasteiger partial charge in [-0.2, -0.15) is 0 Å². The lowest BCUT2D eigenvalue weighted by Crippen LogP contribution is -2.51. The number of anilines is 1. The molecule has 0 unspecified atom stereocenters. The van der Waals surface area contributed by atoms with Gasteiger partial charge in [0.1, 0.15) is 17.8 Å². The first-order valence-corrected chi connectivity index (χ1v) is 7.52. The zero-order chi connectivity index (χ0) is 15.4. The van der Waals surface area contributed by atoms with Crippen LogP contribution in [-0.4, -0.2) is 24.9 Å². The number of para-hydroxylation sites is 1. The van der Waals surface area contributed by atoms with Crippen molar-refractivity contribution in [3.8, 4) is 11.5 Å².